The number of carbonyl (C=O) groups is 1. The molecule has 1 aromatic heterocycles. The number of carbonyl (C=O) groups excluding carboxylic acids is 1. The summed E-state index contributed by atoms with van der Waals surface area (Å²) in [4.78, 5) is 16.3. The van der Waals surface area contributed by atoms with E-state index in [4.69, 9.17) is 4.74 Å². The van der Waals surface area contributed by atoms with Crippen LogP contribution in [0.25, 0.3) is 0 Å². The first-order valence-electron chi connectivity index (χ1n) is 8.73. The van der Waals surface area contributed by atoms with E-state index in [-0.39, 0.29) is 11.3 Å². The molecule has 0 bridgehead atoms. The minimum Gasteiger partial charge on any atom is -0.381 e. The van der Waals surface area contributed by atoms with Gasteiger partial charge in [0, 0.05) is 42.0 Å². The zero-order valence-electron chi connectivity index (χ0n) is 14.3. The summed E-state index contributed by atoms with van der Waals surface area (Å²) in [5.74, 6) is 0.0825. The molecule has 0 saturated carbocycles. The lowest BCUT2D eigenvalue weighted by molar-refractivity contribution is -0.000630. The van der Waals surface area contributed by atoms with E-state index in [2.05, 4.69) is 17.1 Å². The Hall–Kier alpha value is -0.910. The molecule has 0 atom stereocenters. The van der Waals surface area contributed by atoms with Gasteiger partial charge in [0.2, 0.25) is 0 Å². The lowest BCUT2D eigenvalue weighted by atomic mass is 9.79. The van der Waals surface area contributed by atoms with Gasteiger partial charge in [-0.1, -0.05) is 0 Å². The average molecular weight is 337 g/mol. The molecule has 0 aliphatic carbocycles. The summed E-state index contributed by atoms with van der Waals surface area (Å²) in [6.07, 6.45) is 4.72. The molecule has 2 aliphatic heterocycles. The third-order valence-corrected chi connectivity index (χ3v) is 6.48. The second kappa shape index (κ2) is 7.32. The Morgan fingerprint density at radius 1 is 1.30 bits per heavy atom. The summed E-state index contributed by atoms with van der Waals surface area (Å²) in [6.45, 7) is 10.0. The summed E-state index contributed by atoms with van der Waals surface area (Å²) in [6, 6.07) is 0. The Bertz CT molecular complexity index is 543. The fourth-order valence-corrected chi connectivity index (χ4v) is 4.58. The normalized spacial score (nSPS) is 21.5. The first kappa shape index (κ1) is 16.9. The van der Waals surface area contributed by atoms with Crippen molar-refractivity contribution < 1.29 is 9.53 Å². The molecule has 0 spiro atoms. The molecule has 0 aromatic carbocycles. The van der Waals surface area contributed by atoms with Crippen molar-refractivity contribution in [3.05, 3.63) is 21.4 Å². The first-order valence-corrected chi connectivity index (χ1v) is 9.61. The highest BCUT2D eigenvalue weighted by Crippen LogP contribution is 2.32. The van der Waals surface area contributed by atoms with Crippen molar-refractivity contribution in [2.24, 2.45) is 5.41 Å². The molecule has 3 heterocycles. The number of nitrogens with one attached hydrogen (secondary N) is 1. The van der Waals surface area contributed by atoms with Crippen molar-refractivity contribution in [1.82, 2.24) is 10.2 Å². The van der Waals surface area contributed by atoms with Crippen LogP contribution >= 0.6 is 11.3 Å². The number of hydrogen-bond acceptors (Lipinski definition) is 4. The van der Waals surface area contributed by atoms with Crippen LogP contribution in [0.5, 0.6) is 0 Å². The number of aryl methyl sites for hydroxylation is 1. The Morgan fingerprint density at radius 2 is 2.00 bits per heavy atom. The molecule has 2 aliphatic rings. The van der Waals surface area contributed by atoms with Crippen molar-refractivity contribution >= 4 is 17.2 Å². The van der Waals surface area contributed by atoms with Crippen LogP contribution in [0.4, 0.5) is 0 Å². The fourth-order valence-electron chi connectivity index (χ4n) is 3.71. The predicted molar refractivity (Wildman–Crippen MR) is 94.3 cm³/mol. The zero-order valence-corrected chi connectivity index (χ0v) is 15.1. The summed E-state index contributed by atoms with van der Waals surface area (Å²) in [7, 11) is 0. The van der Waals surface area contributed by atoms with Crippen molar-refractivity contribution in [3.63, 3.8) is 0 Å². The summed E-state index contributed by atoms with van der Waals surface area (Å²) >= 11 is 1.66. The van der Waals surface area contributed by atoms with Gasteiger partial charge in [0.1, 0.15) is 0 Å². The maximum absolute atomic E-state index is 12.6. The lowest BCUT2D eigenvalue weighted by Crippen LogP contribution is -2.48. The van der Waals surface area contributed by atoms with Gasteiger partial charge in [-0.2, -0.15) is 0 Å². The molecule has 1 amide bonds. The molecule has 5 heteroatoms. The summed E-state index contributed by atoms with van der Waals surface area (Å²) in [5.41, 5.74) is 2.14. The molecule has 0 unspecified atom stereocenters. The van der Waals surface area contributed by atoms with Gasteiger partial charge in [-0.15, -0.1) is 11.3 Å². The SMILES string of the molecule is Cc1scc(C(=O)NCC2(CN3CCCC3)CCOCC2)c1C. The van der Waals surface area contributed by atoms with Crippen LogP contribution in [0.15, 0.2) is 5.38 Å². The fraction of sp³-hybridized carbons (Fsp3) is 0.722. The molecule has 0 radical (unpaired) electrons. The van der Waals surface area contributed by atoms with E-state index < -0.39 is 0 Å². The third-order valence-electron chi connectivity index (χ3n) is 5.47. The number of hydrogen-bond donors (Lipinski definition) is 1. The van der Waals surface area contributed by atoms with Crippen LogP contribution in [0.1, 0.15) is 46.5 Å². The number of amides is 1. The topological polar surface area (TPSA) is 41.6 Å². The van der Waals surface area contributed by atoms with E-state index in [1.165, 1.54) is 30.8 Å². The van der Waals surface area contributed by atoms with Gasteiger partial charge in [0.05, 0.1) is 5.56 Å². The van der Waals surface area contributed by atoms with Crippen LogP contribution in [-0.2, 0) is 4.74 Å². The van der Waals surface area contributed by atoms with Crippen LogP contribution in [0, 0.1) is 19.3 Å². The molecule has 2 fully saturated rings. The number of nitrogens with zero attached hydrogens (tertiary/aromatic N) is 1. The van der Waals surface area contributed by atoms with Gasteiger partial charge in [0.15, 0.2) is 0 Å². The standard InChI is InChI=1S/C18H28N2O2S/c1-14-15(2)23-11-16(14)17(21)19-12-18(5-9-22-10-6-18)13-20-7-3-4-8-20/h11H,3-10,12-13H2,1-2H3,(H,19,21). The van der Waals surface area contributed by atoms with E-state index in [1.807, 2.05) is 12.3 Å². The molecule has 23 heavy (non-hydrogen) atoms. The molecule has 128 valence electrons. The van der Waals surface area contributed by atoms with Gasteiger partial charge in [-0.05, 0) is 58.2 Å². The Morgan fingerprint density at radius 3 is 2.61 bits per heavy atom. The average Bonchev–Trinajstić information content (AvgIpc) is 3.17. The first-order chi connectivity index (χ1) is 11.1. The molecule has 4 nitrogen and oxygen atoms in total. The van der Waals surface area contributed by atoms with Crippen molar-refractivity contribution in [1.29, 1.82) is 0 Å². The van der Waals surface area contributed by atoms with Crippen molar-refractivity contribution in [3.8, 4) is 0 Å². The Kier molecular flexibility index (Phi) is 5.39. The number of ether oxygens (including phenoxy) is 1. The van der Waals surface area contributed by atoms with Gasteiger partial charge in [-0.3, -0.25) is 4.79 Å². The van der Waals surface area contributed by atoms with E-state index in [9.17, 15) is 4.79 Å². The Balaban J connectivity index is 1.63. The minimum atomic E-state index is 0.0825. The van der Waals surface area contributed by atoms with E-state index >= 15 is 0 Å². The smallest absolute Gasteiger partial charge is 0.252 e. The molecule has 1 aromatic rings. The lowest BCUT2D eigenvalue weighted by Gasteiger charge is -2.40. The van der Waals surface area contributed by atoms with Gasteiger partial charge < -0.3 is 15.0 Å². The number of rotatable bonds is 5. The largest absolute Gasteiger partial charge is 0.381 e. The quantitative estimate of drug-likeness (QED) is 0.899. The highest BCUT2D eigenvalue weighted by molar-refractivity contribution is 7.10. The molecular weight excluding hydrogens is 308 g/mol. The molecule has 1 N–H and O–H groups in total. The summed E-state index contributed by atoms with van der Waals surface area (Å²) < 4.78 is 5.57. The van der Waals surface area contributed by atoms with Crippen molar-refractivity contribution in [2.75, 3.05) is 39.4 Å². The maximum Gasteiger partial charge on any atom is 0.252 e. The maximum atomic E-state index is 12.6. The second-order valence-electron chi connectivity index (χ2n) is 7.11. The second-order valence-corrected chi connectivity index (χ2v) is 8.19. The van der Waals surface area contributed by atoms with Gasteiger partial charge in [0.25, 0.3) is 5.91 Å². The van der Waals surface area contributed by atoms with Crippen LogP contribution in [-0.4, -0.2) is 50.2 Å². The van der Waals surface area contributed by atoms with E-state index in [1.54, 1.807) is 11.3 Å². The van der Waals surface area contributed by atoms with Gasteiger partial charge >= 0.3 is 0 Å². The summed E-state index contributed by atoms with van der Waals surface area (Å²) in [5, 5.41) is 5.21. The third kappa shape index (κ3) is 3.95. The van der Waals surface area contributed by atoms with Gasteiger partial charge in [-0.25, -0.2) is 0 Å². The van der Waals surface area contributed by atoms with Crippen LogP contribution in [0.3, 0.4) is 0 Å². The van der Waals surface area contributed by atoms with E-state index in [0.717, 1.165) is 50.3 Å². The molecular formula is C18H28N2O2S. The van der Waals surface area contributed by atoms with Crippen LogP contribution < -0.4 is 5.32 Å². The predicted octanol–water partition coefficient (Wildman–Crippen LogP) is 2.99. The highest BCUT2D eigenvalue weighted by atomic mass is 32.1. The monoisotopic (exact) mass is 336 g/mol. The Labute approximate surface area is 143 Å². The molecule has 3 rings (SSSR count). The minimum absolute atomic E-state index is 0.0825. The van der Waals surface area contributed by atoms with E-state index in [0.29, 0.717) is 0 Å². The van der Waals surface area contributed by atoms with Crippen LogP contribution in [0.2, 0.25) is 0 Å². The molecule has 2 saturated heterocycles. The number of likely N-dealkylation sites (tertiary alicyclic amines) is 1. The number of thiophene rings is 1. The van der Waals surface area contributed by atoms with Crippen molar-refractivity contribution in [2.45, 2.75) is 39.5 Å². The zero-order chi connectivity index (χ0) is 16.3. The highest BCUT2D eigenvalue weighted by Gasteiger charge is 2.35.